The topological polar surface area (TPSA) is 35.5 Å². The van der Waals surface area contributed by atoms with Crippen LogP contribution in [0.4, 0.5) is 0 Å². The third-order valence-electron chi connectivity index (χ3n) is 1.74. The molecule has 0 aromatic rings. The third-order valence-corrected chi connectivity index (χ3v) is 3.73. The van der Waals surface area contributed by atoms with Crippen LogP contribution in [0.3, 0.4) is 0 Å². The van der Waals surface area contributed by atoms with Crippen molar-refractivity contribution in [3.05, 3.63) is 24.0 Å². The van der Waals surface area contributed by atoms with Crippen LogP contribution < -0.4 is 0 Å². The fraction of sp³-hybridized carbons (Fsp3) is 0.636. The van der Waals surface area contributed by atoms with Crippen LogP contribution in [0.1, 0.15) is 33.6 Å². The highest BCUT2D eigenvalue weighted by atomic mass is 31.2. The molecule has 0 saturated carbocycles. The van der Waals surface area contributed by atoms with E-state index in [9.17, 15) is 4.57 Å². The van der Waals surface area contributed by atoms with Crippen LogP contribution in [-0.4, -0.2) is 13.2 Å². The normalized spacial score (nSPS) is 12.9. The maximum atomic E-state index is 12.0. The van der Waals surface area contributed by atoms with Gasteiger partial charge in [-0.15, -0.1) is 6.58 Å². The van der Waals surface area contributed by atoms with Crippen LogP contribution in [0, 0.1) is 0 Å². The van der Waals surface area contributed by atoms with Gasteiger partial charge in [-0.25, -0.2) is 0 Å². The maximum absolute atomic E-state index is 12.0. The lowest BCUT2D eigenvalue weighted by Crippen LogP contribution is -1.93. The SMILES string of the molecule is C=CCC/C(C)=C/P(=O)(OCC)OCC. The van der Waals surface area contributed by atoms with Gasteiger partial charge in [0.2, 0.25) is 0 Å². The molecular weight excluding hydrogens is 211 g/mol. The molecule has 0 aliphatic rings. The average molecular weight is 232 g/mol. The molecule has 0 aromatic carbocycles. The lowest BCUT2D eigenvalue weighted by Gasteiger charge is -2.13. The second-order valence-electron chi connectivity index (χ2n) is 3.18. The van der Waals surface area contributed by atoms with Crippen molar-refractivity contribution >= 4 is 7.60 Å². The summed E-state index contributed by atoms with van der Waals surface area (Å²) in [6.07, 6.45) is 3.55. The van der Waals surface area contributed by atoms with Crippen molar-refractivity contribution in [1.29, 1.82) is 0 Å². The Morgan fingerprint density at radius 2 is 1.87 bits per heavy atom. The van der Waals surface area contributed by atoms with E-state index in [1.807, 2.05) is 13.0 Å². The van der Waals surface area contributed by atoms with E-state index in [1.54, 1.807) is 19.7 Å². The molecule has 0 spiro atoms. The molecule has 0 heterocycles. The van der Waals surface area contributed by atoms with Crippen LogP contribution in [0.15, 0.2) is 24.0 Å². The largest absolute Gasteiger partial charge is 0.354 e. The third kappa shape index (κ3) is 6.67. The van der Waals surface area contributed by atoms with E-state index in [0.717, 1.165) is 18.4 Å². The van der Waals surface area contributed by atoms with Crippen molar-refractivity contribution in [3.63, 3.8) is 0 Å². The van der Waals surface area contributed by atoms with Gasteiger partial charge in [-0.1, -0.05) is 11.6 Å². The molecule has 0 radical (unpaired) electrons. The Labute approximate surface area is 92.7 Å². The second kappa shape index (κ2) is 7.86. The summed E-state index contributed by atoms with van der Waals surface area (Å²) in [7, 11) is -3.01. The molecule has 0 atom stereocenters. The predicted octanol–water partition coefficient (Wildman–Crippen LogP) is 4.12. The molecule has 0 aliphatic carbocycles. The molecule has 0 unspecified atom stereocenters. The van der Waals surface area contributed by atoms with Crippen LogP contribution in [0.2, 0.25) is 0 Å². The van der Waals surface area contributed by atoms with E-state index in [4.69, 9.17) is 9.05 Å². The van der Waals surface area contributed by atoms with Gasteiger partial charge in [0, 0.05) is 5.82 Å². The molecule has 0 fully saturated rings. The molecule has 0 N–H and O–H groups in total. The quantitative estimate of drug-likeness (QED) is 0.466. The summed E-state index contributed by atoms with van der Waals surface area (Å²) in [6, 6.07) is 0. The molecule has 0 amide bonds. The number of allylic oxidation sites excluding steroid dienone is 2. The van der Waals surface area contributed by atoms with E-state index in [2.05, 4.69) is 6.58 Å². The summed E-state index contributed by atoms with van der Waals surface area (Å²) in [5.41, 5.74) is 1.01. The Bertz CT molecular complexity index is 249. The minimum Gasteiger partial charge on any atom is -0.306 e. The predicted molar refractivity (Wildman–Crippen MR) is 64.0 cm³/mol. The van der Waals surface area contributed by atoms with E-state index < -0.39 is 7.60 Å². The van der Waals surface area contributed by atoms with Gasteiger partial charge in [-0.05, 0) is 33.6 Å². The zero-order valence-electron chi connectivity index (χ0n) is 9.86. The number of hydrogen-bond donors (Lipinski definition) is 0. The van der Waals surface area contributed by atoms with Crippen LogP contribution in [0.25, 0.3) is 0 Å². The lowest BCUT2D eigenvalue weighted by molar-refractivity contribution is 0.228. The molecule has 15 heavy (non-hydrogen) atoms. The molecule has 0 saturated heterocycles. The molecule has 0 aliphatic heterocycles. The smallest absolute Gasteiger partial charge is 0.306 e. The summed E-state index contributed by atoms with van der Waals surface area (Å²) < 4.78 is 22.3. The van der Waals surface area contributed by atoms with E-state index in [1.165, 1.54) is 0 Å². The Hall–Kier alpha value is -0.370. The fourth-order valence-corrected chi connectivity index (χ4v) is 2.75. The Kier molecular flexibility index (Phi) is 7.67. The van der Waals surface area contributed by atoms with Crippen LogP contribution in [-0.2, 0) is 13.6 Å². The molecule has 0 rings (SSSR count). The first-order chi connectivity index (χ1) is 7.08. The zero-order valence-corrected chi connectivity index (χ0v) is 10.8. The highest BCUT2D eigenvalue weighted by Crippen LogP contribution is 2.50. The molecule has 0 aromatic heterocycles. The van der Waals surface area contributed by atoms with Crippen molar-refractivity contribution in [2.75, 3.05) is 13.2 Å². The monoisotopic (exact) mass is 232 g/mol. The van der Waals surface area contributed by atoms with Gasteiger partial charge in [0.05, 0.1) is 13.2 Å². The zero-order chi connectivity index (χ0) is 11.7. The Morgan fingerprint density at radius 3 is 2.27 bits per heavy atom. The lowest BCUT2D eigenvalue weighted by atomic mass is 10.2. The van der Waals surface area contributed by atoms with Crippen molar-refractivity contribution < 1.29 is 13.6 Å². The van der Waals surface area contributed by atoms with Crippen molar-refractivity contribution in [1.82, 2.24) is 0 Å². The van der Waals surface area contributed by atoms with E-state index in [-0.39, 0.29) is 0 Å². The first-order valence-electron chi connectivity index (χ1n) is 5.26. The van der Waals surface area contributed by atoms with Gasteiger partial charge >= 0.3 is 7.60 Å². The highest BCUT2D eigenvalue weighted by Gasteiger charge is 2.19. The van der Waals surface area contributed by atoms with Gasteiger partial charge < -0.3 is 9.05 Å². The summed E-state index contributed by atoms with van der Waals surface area (Å²) in [6.45, 7) is 9.96. The molecule has 4 heteroatoms. The number of rotatable bonds is 8. The standard InChI is InChI=1S/C11H21O3P/c1-5-8-9-11(4)10-15(12,13-6-2)14-7-3/h5,10H,1,6-9H2,2-4H3/b11-10+. The van der Waals surface area contributed by atoms with Gasteiger partial charge in [-0.3, -0.25) is 4.57 Å². The van der Waals surface area contributed by atoms with Crippen molar-refractivity contribution in [2.45, 2.75) is 33.6 Å². The summed E-state index contributed by atoms with van der Waals surface area (Å²) in [5, 5.41) is 0. The van der Waals surface area contributed by atoms with Gasteiger partial charge in [0.15, 0.2) is 0 Å². The first kappa shape index (κ1) is 14.6. The van der Waals surface area contributed by atoms with Gasteiger partial charge in [0.1, 0.15) is 0 Å². The molecular formula is C11H21O3P. The minimum atomic E-state index is -3.01. The molecule has 3 nitrogen and oxygen atoms in total. The van der Waals surface area contributed by atoms with Gasteiger partial charge in [-0.2, -0.15) is 0 Å². The average Bonchev–Trinajstić information content (AvgIpc) is 2.15. The van der Waals surface area contributed by atoms with Crippen molar-refractivity contribution in [2.24, 2.45) is 0 Å². The maximum Gasteiger partial charge on any atom is 0.354 e. The highest BCUT2D eigenvalue weighted by molar-refractivity contribution is 7.57. The van der Waals surface area contributed by atoms with Crippen molar-refractivity contribution in [3.8, 4) is 0 Å². The van der Waals surface area contributed by atoms with E-state index in [0.29, 0.717) is 13.2 Å². The van der Waals surface area contributed by atoms with Crippen LogP contribution >= 0.6 is 7.60 Å². The first-order valence-corrected chi connectivity index (χ1v) is 6.87. The summed E-state index contributed by atoms with van der Waals surface area (Å²) in [5.74, 6) is 1.61. The van der Waals surface area contributed by atoms with E-state index >= 15 is 0 Å². The Morgan fingerprint density at radius 1 is 1.33 bits per heavy atom. The molecule has 88 valence electrons. The minimum absolute atomic E-state index is 0.391. The van der Waals surface area contributed by atoms with Gasteiger partial charge in [0.25, 0.3) is 0 Å². The Balaban J connectivity index is 4.48. The molecule has 0 bridgehead atoms. The fourth-order valence-electron chi connectivity index (χ4n) is 1.14. The number of hydrogen-bond acceptors (Lipinski definition) is 3. The second-order valence-corrected chi connectivity index (χ2v) is 5.03. The summed E-state index contributed by atoms with van der Waals surface area (Å²) in [4.78, 5) is 0. The summed E-state index contributed by atoms with van der Waals surface area (Å²) >= 11 is 0. The van der Waals surface area contributed by atoms with Crippen LogP contribution in [0.5, 0.6) is 0 Å².